The van der Waals surface area contributed by atoms with Crippen LogP contribution in [0.3, 0.4) is 0 Å². The standard InChI is InChI=1S/C17H17NO3/c19-17(20)14-6-3-5-13(11-14)12-18-9-4-10-21-16-8-2-1-7-15(16)18/h1-3,5-8,11H,4,9-10,12H2,(H,19,20). The van der Waals surface area contributed by atoms with Crippen molar-refractivity contribution in [2.45, 2.75) is 13.0 Å². The third kappa shape index (κ3) is 2.99. The number of para-hydroxylation sites is 2. The number of nitrogens with zero attached hydrogens (tertiary/aromatic N) is 1. The van der Waals surface area contributed by atoms with E-state index in [9.17, 15) is 4.79 Å². The Labute approximate surface area is 123 Å². The van der Waals surface area contributed by atoms with Crippen LogP contribution >= 0.6 is 0 Å². The van der Waals surface area contributed by atoms with Crippen LogP contribution in [0.15, 0.2) is 48.5 Å². The highest BCUT2D eigenvalue weighted by Crippen LogP contribution is 2.31. The van der Waals surface area contributed by atoms with E-state index in [2.05, 4.69) is 4.90 Å². The molecule has 1 aliphatic heterocycles. The van der Waals surface area contributed by atoms with E-state index in [1.54, 1.807) is 18.2 Å². The summed E-state index contributed by atoms with van der Waals surface area (Å²) in [7, 11) is 0. The minimum absolute atomic E-state index is 0.326. The quantitative estimate of drug-likeness (QED) is 0.940. The zero-order valence-corrected chi connectivity index (χ0v) is 11.7. The van der Waals surface area contributed by atoms with Crippen molar-refractivity contribution in [3.05, 3.63) is 59.7 Å². The molecular weight excluding hydrogens is 266 g/mol. The predicted octanol–water partition coefficient (Wildman–Crippen LogP) is 3.17. The summed E-state index contributed by atoms with van der Waals surface area (Å²) in [6.07, 6.45) is 0.952. The zero-order valence-electron chi connectivity index (χ0n) is 11.7. The normalized spacial score (nSPS) is 14.0. The SMILES string of the molecule is O=C(O)c1cccc(CN2CCCOc3ccccc32)c1. The number of rotatable bonds is 3. The number of hydrogen-bond acceptors (Lipinski definition) is 3. The smallest absolute Gasteiger partial charge is 0.335 e. The van der Waals surface area contributed by atoms with Gasteiger partial charge in [0.2, 0.25) is 0 Å². The first-order valence-corrected chi connectivity index (χ1v) is 7.03. The number of carboxylic acid groups (broad SMARTS) is 1. The van der Waals surface area contributed by atoms with Crippen LogP contribution in [0.2, 0.25) is 0 Å². The summed E-state index contributed by atoms with van der Waals surface area (Å²) in [6, 6.07) is 15.1. The lowest BCUT2D eigenvalue weighted by molar-refractivity contribution is 0.0696. The van der Waals surface area contributed by atoms with Crippen molar-refractivity contribution >= 4 is 11.7 Å². The van der Waals surface area contributed by atoms with E-state index in [1.807, 2.05) is 30.3 Å². The maximum Gasteiger partial charge on any atom is 0.335 e. The molecule has 0 saturated carbocycles. The number of ether oxygens (including phenoxy) is 1. The molecule has 0 amide bonds. The molecule has 4 nitrogen and oxygen atoms in total. The fourth-order valence-electron chi connectivity index (χ4n) is 2.59. The Balaban J connectivity index is 1.87. The highest BCUT2D eigenvalue weighted by Gasteiger charge is 2.16. The topological polar surface area (TPSA) is 49.8 Å². The molecule has 1 N–H and O–H groups in total. The Morgan fingerprint density at radius 1 is 1.19 bits per heavy atom. The Morgan fingerprint density at radius 3 is 2.90 bits per heavy atom. The van der Waals surface area contributed by atoms with Gasteiger partial charge in [0.1, 0.15) is 5.75 Å². The van der Waals surface area contributed by atoms with Gasteiger partial charge in [-0.25, -0.2) is 4.79 Å². The van der Waals surface area contributed by atoms with E-state index in [0.717, 1.165) is 30.0 Å². The van der Waals surface area contributed by atoms with Crippen LogP contribution in [0.4, 0.5) is 5.69 Å². The van der Waals surface area contributed by atoms with E-state index in [1.165, 1.54) is 0 Å². The molecule has 0 aliphatic carbocycles. The Bertz CT molecular complexity index is 654. The van der Waals surface area contributed by atoms with Crippen LogP contribution in [-0.2, 0) is 6.54 Å². The van der Waals surface area contributed by atoms with E-state index in [4.69, 9.17) is 9.84 Å². The Morgan fingerprint density at radius 2 is 2.05 bits per heavy atom. The number of anilines is 1. The second-order valence-corrected chi connectivity index (χ2v) is 5.10. The fraction of sp³-hybridized carbons (Fsp3) is 0.235. The van der Waals surface area contributed by atoms with Crippen molar-refractivity contribution in [2.24, 2.45) is 0 Å². The minimum atomic E-state index is -0.892. The number of benzene rings is 2. The summed E-state index contributed by atoms with van der Waals surface area (Å²) < 4.78 is 5.74. The van der Waals surface area contributed by atoms with Gasteiger partial charge in [0.05, 0.1) is 17.9 Å². The maximum atomic E-state index is 11.1. The number of aromatic carboxylic acids is 1. The second-order valence-electron chi connectivity index (χ2n) is 5.10. The van der Waals surface area contributed by atoms with E-state index >= 15 is 0 Å². The average Bonchev–Trinajstić information content (AvgIpc) is 2.70. The van der Waals surface area contributed by atoms with Gasteiger partial charge in [-0.2, -0.15) is 0 Å². The minimum Gasteiger partial charge on any atom is -0.491 e. The zero-order chi connectivity index (χ0) is 14.7. The summed E-state index contributed by atoms with van der Waals surface area (Å²) in [5.41, 5.74) is 2.38. The first-order valence-electron chi connectivity index (χ1n) is 7.03. The number of carboxylic acids is 1. The van der Waals surface area contributed by atoms with Gasteiger partial charge in [-0.3, -0.25) is 0 Å². The highest BCUT2D eigenvalue weighted by molar-refractivity contribution is 5.87. The highest BCUT2D eigenvalue weighted by atomic mass is 16.5. The molecule has 0 spiro atoms. The molecule has 0 saturated heterocycles. The van der Waals surface area contributed by atoms with Crippen molar-refractivity contribution < 1.29 is 14.6 Å². The summed E-state index contributed by atoms with van der Waals surface area (Å²) in [6.45, 7) is 2.29. The van der Waals surface area contributed by atoms with Crippen molar-refractivity contribution in [1.29, 1.82) is 0 Å². The van der Waals surface area contributed by atoms with Gasteiger partial charge >= 0.3 is 5.97 Å². The van der Waals surface area contributed by atoms with Gasteiger partial charge in [0, 0.05) is 13.1 Å². The van der Waals surface area contributed by atoms with Crippen LogP contribution in [0.25, 0.3) is 0 Å². The molecule has 108 valence electrons. The Hall–Kier alpha value is -2.49. The van der Waals surface area contributed by atoms with Crippen LogP contribution in [0.5, 0.6) is 5.75 Å². The predicted molar refractivity (Wildman–Crippen MR) is 81.0 cm³/mol. The third-order valence-corrected chi connectivity index (χ3v) is 3.58. The van der Waals surface area contributed by atoms with E-state index in [0.29, 0.717) is 18.7 Å². The van der Waals surface area contributed by atoms with E-state index in [-0.39, 0.29) is 0 Å². The van der Waals surface area contributed by atoms with Crippen LogP contribution in [-0.4, -0.2) is 24.2 Å². The maximum absolute atomic E-state index is 11.1. The molecule has 21 heavy (non-hydrogen) atoms. The number of fused-ring (bicyclic) bond motifs is 1. The van der Waals surface area contributed by atoms with Crippen LogP contribution in [0.1, 0.15) is 22.3 Å². The monoisotopic (exact) mass is 283 g/mol. The van der Waals surface area contributed by atoms with Crippen molar-refractivity contribution in [1.82, 2.24) is 0 Å². The largest absolute Gasteiger partial charge is 0.491 e. The molecule has 4 heteroatoms. The van der Waals surface area contributed by atoms with Crippen molar-refractivity contribution in [2.75, 3.05) is 18.1 Å². The lowest BCUT2D eigenvalue weighted by Crippen LogP contribution is -2.23. The molecule has 0 bridgehead atoms. The molecule has 0 radical (unpaired) electrons. The molecule has 2 aromatic carbocycles. The lowest BCUT2D eigenvalue weighted by atomic mass is 10.1. The Kier molecular flexibility index (Phi) is 3.77. The first kappa shape index (κ1) is 13.5. The molecular formula is C17H17NO3. The molecule has 0 atom stereocenters. The first-order chi connectivity index (χ1) is 10.2. The summed E-state index contributed by atoms with van der Waals surface area (Å²) in [5, 5.41) is 9.08. The molecule has 1 aliphatic rings. The average molecular weight is 283 g/mol. The third-order valence-electron chi connectivity index (χ3n) is 3.58. The van der Waals surface area contributed by atoms with Gasteiger partial charge in [-0.15, -0.1) is 0 Å². The van der Waals surface area contributed by atoms with Crippen LogP contribution < -0.4 is 9.64 Å². The van der Waals surface area contributed by atoms with Gasteiger partial charge in [0.25, 0.3) is 0 Å². The molecule has 2 aromatic rings. The molecule has 0 aromatic heterocycles. The molecule has 0 unspecified atom stereocenters. The summed E-state index contributed by atoms with van der Waals surface area (Å²) in [5.74, 6) is 0.000777. The van der Waals surface area contributed by atoms with Crippen LogP contribution in [0, 0.1) is 0 Å². The summed E-state index contributed by atoms with van der Waals surface area (Å²) >= 11 is 0. The van der Waals surface area contributed by atoms with Gasteiger partial charge < -0.3 is 14.7 Å². The number of carbonyl (C=O) groups is 1. The van der Waals surface area contributed by atoms with E-state index < -0.39 is 5.97 Å². The molecule has 0 fully saturated rings. The molecule has 1 heterocycles. The molecule has 3 rings (SSSR count). The van der Waals surface area contributed by atoms with Gasteiger partial charge in [0.15, 0.2) is 0 Å². The number of hydrogen-bond donors (Lipinski definition) is 1. The van der Waals surface area contributed by atoms with Gasteiger partial charge in [-0.05, 0) is 36.2 Å². The second kappa shape index (κ2) is 5.87. The van der Waals surface area contributed by atoms with Crippen molar-refractivity contribution in [3.8, 4) is 5.75 Å². The van der Waals surface area contributed by atoms with Gasteiger partial charge in [-0.1, -0.05) is 24.3 Å². The fourth-order valence-corrected chi connectivity index (χ4v) is 2.59. The van der Waals surface area contributed by atoms with Crippen molar-refractivity contribution in [3.63, 3.8) is 0 Å². The summed E-state index contributed by atoms with van der Waals surface area (Å²) in [4.78, 5) is 13.3. The lowest BCUT2D eigenvalue weighted by Gasteiger charge is -2.24.